The summed E-state index contributed by atoms with van der Waals surface area (Å²) in [6.45, 7) is 0.0527. The average Bonchev–Trinajstić information content (AvgIpc) is 2.98. The van der Waals surface area contributed by atoms with Gasteiger partial charge in [0.1, 0.15) is 5.82 Å². The highest BCUT2D eigenvalue weighted by Gasteiger charge is 2.09. The van der Waals surface area contributed by atoms with E-state index >= 15 is 0 Å². The molecule has 1 aromatic carbocycles. The third-order valence-corrected chi connectivity index (χ3v) is 3.23. The van der Waals surface area contributed by atoms with Crippen LogP contribution >= 0.6 is 11.3 Å². The van der Waals surface area contributed by atoms with Gasteiger partial charge in [-0.25, -0.2) is 14.4 Å². The topological polar surface area (TPSA) is 107 Å². The molecule has 2 aromatic rings. The Hall–Kier alpha value is -2.61. The number of benzene rings is 1. The smallest absolute Gasteiger partial charge is 0.284 e. The Morgan fingerprint density at radius 1 is 1.33 bits per heavy atom. The lowest BCUT2D eigenvalue weighted by atomic mass is 10.2. The first kappa shape index (κ1) is 14.8. The maximum Gasteiger partial charge on any atom is 0.284 e. The summed E-state index contributed by atoms with van der Waals surface area (Å²) in [5.41, 5.74) is 10.9. The third-order valence-electron chi connectivity index (χ3n) is 2.46. The van der Waals surface area contributed by atoms with Gasteiger partial charge in [0.15, 0.2) is 16.7 Å². The number of carbonyl (C=O) groups is 1. The number of hydrogen-bond donors (Lipinski definition) is 2. The van der Waals surface area contributed by atoms with Crippen LogP contribution in [0.5, 0.6) is 0 Å². The number of amidine groups is 2. The van der Waals surface area contributed by atoms with Gasteiger partial charge in [0, 0.05) is 17.1 Å². The molecule has 6 nitrogen and oxygen atoms in total. The highest BCUT2D eigenvalue weighted by Crippen LogP contribution is 2.11. The Morgan fingerprint density at radius 3 is 2.71 bits per heavy atom. The summed E-state index contributed by atoms with van der Waals surface area (Å²) in [6, 6.07) is 6.25. The fraction of sp³-hybridized carbons (Fsp3) is 0.0769. The van der Waals surface area contributed by atoms with Crippen molar-refractivity contribution in [3.63, 3.8) is 0 Å². The van der Waals surface area contributed by atoms with E-state index in [0.717, 1.165) is 0 Å². The lowest BCUT2D eigenvalue weighted by molar-refractivity contribution is -0.112. The summed E-state index contributed by atoms with van der Waals surface area (Å²) in [6.07, 6.45) is 1.56. The largest absolute Gasteiger partial charge is 0.379 e. The first-order chi connectivity index (χ1) is 10.1. The fourth-order valence-corrected chi connectivity index (χ4v) is 2.03. The first-order valence-corrected chi connectivity index (χ1v) is 6.77. The summed E-state index contributed by atoms with van der Waals surface area (Å²) in [4.78, 5) is 23.0. The molecular formula is C13H12FN5OS. The Morgan fingerprint density at radius 2 is 2.10 bits per heavy atom. The number of aliphatic imine (C=N–C) groups is 2. The predicted molar refractivity (Wildman–Crippen MR) is 79.6 cm³/mol. The molecule has 4 N–H and O–H groups in total. The molecule has 0 radical (unpaired) electrons. The van der Waals surface area contributed by atoms with Crippen LogP contribution in [0.15, 0.2) is 45.8 Å². The number of rotatable bonds is 3. The Balaban J connectivity index is 2.32. The minimum atomic E-state index is -0.856. The molecule has 0 atom stereocenters. The molecule has 1 heterocycles. The van der Waals surface area contributed by atoms with Crippen LogP contribution in [-0.4, -0.2) is 22.6 Å². The van der Waals surface area contributed by atoms with Gasteiger partial charge >= 0.3 is 0 Å². The third kappa shape index (κ3) is 3.93. The highest BCUT2D eigenvalue weighted by molar-refractivity contribution is 7.11. The van der Waals surface area contributed by atoms with E-state index < -0.39 is 5.91 Å². The van der Waals surface area contributed by atoms with Crippen molar-refractivity contribution in [3.8, 4) is 0 Å². The van der Waals surface area contributed by atoms with Crippen molar-refractivity contribution in [3.05, 3.63) is 52.2 Å². The fourth-order valence-electron chi connectivity index (χ4n) is 1.44. The highest BCUT2D eigenvalue weighted by atomic mass is 32.1. The van der Waals surface area contributed by atoms with Crippen molar-refractivity contribution in [2.75, 3.05) is 0 Å². The molecule has 0 bridgehead atoms. The predicted octanol–water partition coefficient (Wildman–Crippen LogP) is 1.07. The van der Waals surface area contributed by atoms with Crippen molar-refractivity contribution in [1.82, 2.24) is 4.98 Å². The Labute approximate surface area is 124 Å². The Bertz CT molecular complexity index is 696. The molecule has 0 fully saturated rings. The maximum absolute atomic E-state index is 13.6. The zero-order valence-corrected chi connectivity index (χ0v) is 11.7. The zero-order valence-electron chi connectivity index (χ0n) is 10.9. The molecular weight excluding hydrogens is 293 g/mol. The van der Waals surface area contributed by atoms with Crippen molar-refractivity contribution in [1.29, 1.82) is 0 Å². The molecule has 0 aliphatic heterocycles. The molecule has 0 aliphatic carbocycles. The lowest BCUT2D eigenvalue weighted by Gasteiger charge is -2.01. The van der Waals surface area contributed by atoms with Crippen LogP contribution in [0.3, 0.4) is 0 Å². The van der Waals surface area contributed by atoms with E-state index in [-0.39, 0.29) is 24.0 Å². The quantitative estimate of drug-likeness (QED) is 0.654. The number of halogens is 1. The molecule has 1 aromatic heterocycles. The number of nitrogens with two attached hydrogens (primary N) is 2. The molecule has 0 unspecified atom stereocenters. The second-order valence-electron chi connectivity index (χ2n) is 3.93. The molecule has 0 saturated carbocycles. The molecule has 108 valence electrons. The first-order valence-electron chi connectivity index (χ1n) is 5.89. The monoisotopic (exact) mass is 305 g/mol. The molecule has 1 amide bonds. The summed E-state index contributed by atoms with van der Waals surface area (Å²) >= 11 is 1.27. The number of carbonyl (C=O) groups excluding carboxylic acids is 1. The van der Waals surface area contributed by atoms with E-state index in [1.54, 1.807) is 29.8 Å². The van der Waals surface area contributed by atoms with Gasteiger partial charge in [-0.1, -0.05) is 18.2 Å². The molecule has 0 spiro atoms. The Kier molecular flexibility index (Phi) is 4.72. The molecule has 0 aliphatic rings. The zero-order chi connectivity index (χ0) is 15.2. The van der Waals surface area contributed by atoms with Gasteiger partial charge in [0.25, 0.3) is 5.91 Å². The normalized spacial score (nSPS) is 12.4. The van der Waals surface area contributed by atoms with Gasteiger partial charge in [0.05, 0.1) is 6.54 Å². The van der Waals surface area contributed by atoms with Gasteiger partial charge in [-0.2, -0.15) is 0 Å². The van der Waals surface area contributed by atoms with Crippen molar-refractivity contribution in [2.24, 2.45) is 21.5 Å². The van der Waals surface area contributed by atoms with E-state index in [0.29, 0.717) is 10.6 Å². The van der Waals surface area contributed by atoms with Crippen LogP contribution in [-0.2, 0) is 11.3 Å². The summed E-state index contributed by atoms with van der Waals surface area (Å²) in [5.74, 6) is -1.46. The lowest BCUT2D eigenvalue weighted by Crippen LogP contribution is -2.31. The molecule has 0 saturated heterocycles. The number of thiazole rings is 1. The average molecular weight is 305 g/mol. The molecule has 8 heteroatoms. The van der Waals surface area contributed by atoms with Crippen molar-refractivity contribution >= 4 is 28.9 Å². The number of primary amides is 1. The number of hydrogen-bond acceptors (Lipinski definition) is 4. The number of nitrogens with zero attached hydrogens (tertiary/aromatic N) is 3. The summed E-state index contributed by atoms with van der Waals surface area (Å²) in [7, 11) is 0. The van der Waals surface area contributed by atoms with Crippen molar-refractivity contribution in [2.45, 2.75) is 6.54 Å². The molecule has 21 heavy (non-hydrogen) atoms. The van der Waals surface area contributed by atoms with Crippen LogP contribution in [0.1, 0.15) is 10.6 Å². The standard InChI is InChI=1S/C13H12FN5OS/c14-9-4-2-1-3-8(9)7-18-12(13-17-5-6-21-13)19-10(15)11(16)20/h1-6H,7H2,(H2,16,20)(H2,15,18,19). The minimum Gasteiger partial charge on any atom is -0.379 e. The van der Waals surface area contributed by atoms with Gasteiger partial charge in [-0.15, -0.1) is 11.3 Å². The molecule has 2 rings (SSSR count). The van der Waals surface area contributed by atoms with E-state index in [1.165, 1.54) is 17.4 Å². The van der Waals surface area contributed by atoms with Crippen LogP contribution in [0.4, 0.5) is 4.39 Å². The van der Waals surface area contributed by atoms with Crippen LogP contribution in [0.2, 0.25) is 0 Å². The van der Waals surface area contributed by atoms with E-state index in [2.05, 4.69) is 15.0 Å². The van der Waals surface area contributed by atoms with Crippen LogP contribution in [0.25, 0.3) is 0 Å². The van der Waals surface area contributed by atoms with Gasteiger partial charge < -0.3 is 11.5 Å². The SMILES string of the molecule is NC(=O)C(N)=NC(=NCc1ccccc1F)c1nccs1. The second kappa shape index (κ2) is 6.71. The minimum absolute atomic E-state index is 0.0527. The number of amides is 1. The maximum atomic E-state index is 13.6. The van der Waals surface area contributed by atoms with Crippen LogP contribution in [0, 0.1) is 5.82 Å². The van der Waals surface area contributed by atoms with E-state index in [9.17, 15) is 9.18 Å². The second-order valence-corrected chi connectivity index (χ2v) is 4.82. The van der Waals surface area contributed by atoms with Crippen LogP contribution < -0.4 is 11.5 Å². The number of aromatic nitrogens is 1. The van der Waals surface area contributed by atoms with E-state index in [1.807, 2.05) is 0 Å². The van der Waals surface area contributed by atoms with E-state index in [4.69, 9.17) is 11.5 Å². The van der Waals surface area contributed by atoms with Crippen molar-refractivity contribution < 1.29 is 9.18 Å². The van der Waals surface area contributed by atoms with Gasteiger partial charge in [-0.3, -0.25) is 9.79 Å². The summed E-state index contributed by atoms with van der Waals surface area (Å²) < 4.78 is 13.6. The summed E-state index contributed by atoms with van der Waals surface area (Å²) in [5, 5.41) is 2.19. The van der Waals surface area contributed by atoms with Gasteiger partial charge in [0.2, 0.25) is 0 Å². The van der Waals surface area contributed by atoms with Gasteiger partial charge in [-0.05, 0) is 6.07 Å².